The summed E-state index contributed by atoms with van der Waals surface area (Å²) < 4.78 is 11.3. The Balaban J connectivity index is 0.00000608. The van der Waals surface area contributed by atoms with Crippen LogP contribution in [0, 0.1) is 18.7 Å². The number of aromatic nitrogens is 4. The van der Waals surface area contributed by atoms with Gasteiger partial charge in [-0.3, -0.25) is 9.97 Å². The molecule has 0 aliphatic rings. The number of rotatable bonds is 12. The smallest absolute Gasteiger partial charge is 0.497 e. The van der Waals surface area contributed by atoms with Gasteiger partial charge in [-0.25, -0.2) is 4.85 Å². The first kappa shape index (κ1) is 47.7. The van der Waals surface area contributed by atoms with Crippen LogP contribution in [0.2, 0.25) is 0 Å². The molecule has 7 heteroatoms. The molecule has 0 bridgehead atoms. The molecule has 0 saturated heterocycles. The fourth-order valence-corrected chi connectivity index (χ4v) is 9.60. The third-order valence-electron chi connectivity index (χ3n) is 13.1. The maximum absolute atomic E-state index is 7.95. The van der Waals surface area contributed by atoms with Crippen LogP contribution in [0.4, 0.5) is 5.69 Å². The third-order valence-corrected chi connectivity index (χ3v) is 13.1. The summed E-state index contributed by atoms with van der Waals surface area (Å²) in [6.07, 6.45) is 0. The minimum absolute atomic E-state index is 0. The molecule has 6 nitrogen and oxygen atoms in total. The Labute approximate surface area is 426 Å². The summed E-state index contributed by atoms with van der Waals surface area (Å²) in [7, 11) is 0. The van der Waals surface area contributed by atoms with Crippen molar-refractivity contribution in [1.82, 2.24) is 19.1 Å². The maximum atomic E-state index is 7.95. The van der Waals surface area contributed by atoms with Crippen molar-refractivity contribution in [2.45, 2.75) is 79.1 Å². The van der Waals surface area contributed by atoms with Crippen molar-refractivity contribution in [3.63, 3.8) is 0 Å². The summed E-state index contributed by atoms with van der Waals surface area (Å²) in [5.41, 5.74) is 17.7. The molecule has 0 aliphatic carbocycles. The van der Waals surface area contributed by atoms with Gasteiger partial charge in [-0.15, -0.1) is 47.5 Å². The van der Waals surface area contributed by atoms with E-state index in [9.17, 15) is 0 Å². The Kier molecular flexibility index (Phi) is 13.6. The molecule has 10 aromatic rings. The van der Waals surface area contributed by atoms with Gasteiger partial charge >= 0.3 is 21.1 Å². The van der Waals surface area contributed by atoms with Gasteiger partial charge in [0.15, 0.2) is 5.69 Å². The van der Waals surface area contributed by atoms with Crippen LogP contribution in [0.25, 0.3) is 83.3 Å². The first-order valence-corrected chi connectivity index (χ1v) is 24.0. The Hall–Kier alpha value is -7.32. The summed E-state index contributed by atoms with van der Waals surface area (Å²) in [5.74, 6) is 3.44. The Bertz CT molecular complexity index is 3500. The van der Waals surface area contributed by atoms with Crippen molar-refractivity contribution in [2.75, 3.05) is 0 Å². The number of hydrogen-bond donors (Lipinski definition) is 0. The molecule has 8 aromatic carbocycles. The van der Waals surface area contributed by atoms with Crippen LogP contribution in [0.1, 0.15) is 101 Å². The Morgan fingerprint density at radius 2 is 0.857 bits per heavy atom. The summed E-state index contributed by atoms with van der Waals surface area (Å²) in [6, 6.07) is 63.9. The average Bonchev–Trinajstić information content (AvgIpc) is 3.95. The van der Waals surface area contributed by atoms with E-state index < -0.39 is 0 Å². The zero-order valence-electron chi connectivity index (χ0n) is 40.9. The van der Waals surface area contributed by atoms with E-state index in [1.54, 1.807) is 0 Å². The minimum Gasteiger partial charge on any atom is -0.497 e. The summed E-state index contributed by atoms with van der Waals surface area (Å²) >= 11 is 0. The van der Waals surface area contributed by atoms with Gasteiger partial charge < -0.3 is 13.9 Å². The van der Waals surface area contributed by atoms with Crippen LogP contribution in [-0.4, -0.2) is 19.1 Å². The van der Waals surface area contributed by atoms with Crippen molar-refractivity contribution in [3.8, 4) is 67.9 Å². The van der Waals surface area contributed by atoms with Crippen LogP contribution >= 0.6 is 0 Å². The normalized spacial score (nSPS) is 11.5. The van der Waals surface area contributed by atoms with Crippen LogP contribution in [0.3, 0.4) is 0 Å². The zero-order valence-corrected chi connectivity index (χ0v) is 43.1. The number of para-hydroxylation sites is 2. The van der Waals surface area contributed by atoms with Gasteiger partial charge in [0.2, 0.25) is 0 Å². The molecule has 2 aromatic heterocycles. The monoisotopic (exact) mass is 1090 g/mol. The van der Waals surface area contributed by atoms with E-state index in [-0.39, 0.29) is 44.7 Å². The molecular weight excluding hydrogens is 1040 g/mol. The van der Waals surface area contributed by atoms with Crippen molar-refractivity contribution in [1.29, 1.82) is 0 Å². The van der Waals surface area contributed by atoms with Crippen molar-refractivity contribution in [3.05, 3.63) is 210 Å². The second-order valence-electron chi connectivity index (χ2n) is 19.1. The van der Waals surface area contributed by atoms with E-state index in [4.69, 9.17) is 21.3 Å². The maximum Gasteiger partial charge on any atom is 2.00 e. The minimum atomic E-state index is 0. The summed E-state index contributed by atoms with van der Waals surface area (Å²) in [5, 5.41) is 0. The summed E-state index contributed by atoms with van der Waals surface area (Å²) in [6.45, 7) is 26.0. The van der Waals surface area contributed by atoms with Crippen LogP contribution in [0.15, 0.2) is 164 Å². The first-order chi connectivity index (χ1) is 33.5. The second-order valence-corrected chi connectivity index (χ2v) is 19.1. The van der Waals surface area contributed by atoms with Crippen molar-refractivity contribution in [2.24, 2.45) is 0 Å². The van der Waals surface area contributed by atoms with E-state index >= 15 is 0 Å². The van der Waals surface area contributed by atoms with E-state index in [2.05, 4.69) is 191 Å². The number of imidazole rings is 2. The summed E-state index contributed by atoms with van der Waals surface area (Å²) in [4.78, 5) is 14.4. The van der Waals surface area contributed by atoms with Crippen molar-refractivity contribution < 1.29 is 25.8 Å². The van der Waals surface area contributed by atoms with Gasteiger partial charge in [-0.05, 0) is 117 Å². The SMILES string of the molecule is [C-]#[N+]c1ccc2nc(-c3[c-]c(Oc4[c-]c(-c5nc6ccccc6n5-c5c(C(C)C)cc(-c6ccccc6)cc5C(C)C)ccc4)ccc3)n(-c3c(C(C)C)cc(-c4ccccc4)cc3C(C)C)c2c1.[Pt+2]. The quantitative estimate of drug-likeness (QED) is 0.115. The molecule has 0 radical (unpaired) electrons. The molecule has 2 heterocycles. The topological polar surface area (TPSA) is 49.2 Å². The van der Waals surface area contributed by atoms with Gasteiger partial charge in [-0.1, -0.05) is 146 Å². The fraction of sp³-hybridized carbons (Fsp3) is 0.190. The van der Waals surface area contributed by atoms with Crippen LogP contribution in [-0.2, 0) is 21.1 Å². The van der Waals surface area contributed by atoms with Gasteiger partial charge in [-0.2, -0.15) is 0 Å². The third kappa shape index (κ3) is 9.03. The number of benzene rings is 8. The molecule has 70 heavy (non-hydrogen) atoms. The van der Waals surface area contributed by atoms with Gasteiger partial charge in [0.1, 0.15) is 0 Å². The van der Waals surface area contributed by atoms with Gasteiger partial charge in [0, 0.05) is 22.9 Å². The molecule has 0 unspecified atom stereocenters. The molecule has 0 amide bonds. The molecule has 0 fully saturated rings. The Morgan fingerprint density at radius 1 is 0.443 bits per heavy atom. The van der Waals surface area contributed by atoms with Gasteiger partial charge in [0.25, 0.3) is 0 Å². The molecule has 0 atom stereocenters. The molecular formula is C63H55N5OPt. The molecule has 0 N–H and O–H groups in total. The number of hydrogen-bond acceptors (Lipinski definition) is 3. The number of nitrogens with zero attached hydrogens (tertiary/aromatic N) is 5. The zero-order chi connectivity index (χ0) is 47.9. The predicted molar refractivity (Wildman–Crippen MR) is 284 cm³/mol. The number of fused-ring (bicyclic) bond motifs is 2. The van der Waals surface area contributed by atoms with Crippen LogP contribution in [0.5, 0.6) is 11.5 Å². The van der Waals surface area contributed by atoms with E-state index in [1.165, 1.54) is 44.5 Å². The van der Waals surface area contributed by atoms with Crippen molar-refractivity contribution >= 4 is 27.8 Å². The van der Waals surface area contributed by atoms with Crippen LogP contribution < -0.4 is 4.74 Å². The molecule has 10 rings (SSSR count). The Morgan fingerprint density at radius 3 is 1.30 bits per heavy atom. The second kappa shape index (κ2) is 20.0. The predicted octanol–water partition coefficient (Wildman–Crippen LogP) is 17.5. The standard InChI is InChI=1S/C63H55N5O.Pt/c1-39(2)52-34-47(43-20-12-10-13-21-43)35-53(40(3)4)60(52)67-58-29-17-16-28-56(58)65-62(67)45-24-18-26-50(32-45)69-51-27-19-25-46(33-51)63-66-57-31-30-49(64-9)38-59(57)68(63)61-54(41(5)6)36-48(37-55(61)42(7)8)44-22-14-11-15-23-44;/h10-31,34-42H,1-8H3;/q-2;+2. The number of ether oxygens (including phenoxy) is 1. The van der Waals surface area contributed by atoms with E-state index in [0.717, 1.165) is 56.2 Å². The average molecular weight is 1090 g/mol. The molecule has 0 saturated carbocycles. The van der Waals surface area contributed by atoms with Gasteiger partial charge in [0.05, 0.1) is 40.3 Å². The molecule has 348 valence electrons. The largest absolute Gasteiger partial charge is 2.00 e. The first-order valence-electron chi connectivity index (χ1n) is 24.0. The van der Waals surface area contributed by atoms with E-state index in [1.807, 2.05) is 54.6 Å². The molecule has 0 spiro atoms. The fourth-order valence-electron chi connectivity index (χ4n) is 9.60. The molecule has 0 aliphatic heterocycles. The van der Waals surface area contributed by atoms with E-state index in [0.29, 0.717) is 17.2 Å².